The first-order chi connectivity index (χ1) is 9.08. The minimum atomic E-state index is 0.0238. The van der Waals surface area contributed by atoms with E-state index in [0.29, 0.717) is 16.0 Å². The predicted molar refractivity (Wildman–Crippen MR) is 82.7 cm³/mol. The van der Waals surface area contributed by atoms with Crippen molar-refractivity contribution in [2.75, 3.05) is 0 Å². The molecule has 2 N–H and O–H groups in total. The van der Waals surface area contributed by atoms with E-state index in [-0.39, 0.29) is 6.04 Å². The van der Waals surface area contributed by atoms with Gasteiger partial charge in [0.15, 0.2) is 0 Å². The summed E-state index contributed by atoms with van der Waals surface area (Å²) in [7, 11) is 0. The summed E-state index contributed by atoms with van der Waals surface area (Å²) in [6.45, 7) is 2.15. The van der Waals surface area contributed by atoms with Crippen LogP contribution in [0.4, 0.5) is 0 Å². The molecule has 0 spiro atoms. The van der Waals surface area contributed by atoms with Crippen LogP contribution in [0.2, 0.25) is 10.0 Å². The molecule has 0 radical (unpaired) electrons. The van der Waals surface area contributed by atoms with Crippen molar-refractivity contribution in [3.63, 3.8) is 0 Å². The van der Waals surface area contributed by atoms with Gasteiger partial charge in [0.1, 0.15) is 0 Å². The fourth-order valence-corrected chi connectivity index (χ4v) is 2.49. The standard InChI is InChI=1S/C16H17Cl2N/c1-11(16(19)13-5-3-2-4-6-13)9-12-7-8-14(17)15(18)10-12/h2-8,10-11,16H,9,19H2,1H3. The summed E-state index contributed by atoms with van der Waals surface area (Å²) < 4.78 is 0. The fraction of sp³-hybridized carbons (Fsp3) is 0.250. The van der Waals surface area contributed by atoms with Crippen LogP contribution in [0.3, 0.4) is 0 Å². The van der Waals surface area contributed by atoms with Crippen molar-refractivity contribution in [3.8, 4) is 0 Å². The summed E-state index contributed by atoms with van der Waals surface area (Å²) in [5.74, 6) is 0.333. The molecule has 2 rings (SSSR count). The summed E-state index contributed by atoms with van der Waals surface area (Å²) in [6.07, 6.45) is 0.882. The normalized spacial score (nSPS) is 14.1. The van der Waals surface area contributed by atoms with Crippen LogP contribution in [-0.4, -0.2) is 0 Å². The van der Waals surface area contributed by atoms with Gasteiger partial charge in [0.2, 0.25) is 0 Å². The molecule has 19 heavy (non-hydrogen) atoms. The van der Waals surface area contributed by atoms with Gasteiger partial charge in [-0.1, -0.05) is 66.5 Å². The molecule has 2 aromatic carbocycles. The Hall–Kier alpha value is -1.02. The highest BCUT2D eigenvalue weighted by molar-refractivity contribution is 6.42. The Balaban J connectivity index is 2.08. The number of benzene rings is 2. The van der Waals surface area contributed by atoms with Crippen molar-refractivity contribution >= 4 is 23.2 Å². The molecule has 0 aliphatic carbocycles. The number of nitrogens with two attached hydrogens (primary N) is 1. The van der Waals surface area contributed by atoms with Gasteiger partial charge in [0.05, 0.1) is 10.0 Å². The van der Waals surface area contributed by atoms with Crippen LogP contribution in [0, 0.1) is 5.92 Å². The molecule has 0 aliphatic rings. The molecule has 100 valence electrons. The van der Waals surface area contributed by atoms with E-state index >= 15 is 0 Å². The summed E-state index contributed by atoms with van der Waals surface area (Å²) in [5.41, 5.74) is 8.62. The van der Waals surface area contributed by atoms with Crippen molar-refractivity contribution in [1.29, 1.82) is 0 Å². The largest absolute Gasteiger partial charge is 0.324 e. The second-order valence-corrected chi connectivity index (χ2v) is 5.68. The topological polar surface area (TPSA) is 26.0 Å². The van der Waals surface area contributed by atoms with Crippen molar-refractivity contribution in [2.45, 2.75) is 19.4 Å². The molecule has 0 saturated heterocycles. The molecule has 0 amide bonds. The van der Waals surface area contributed by atoms with Gasteiger partial charge >= 0.3 is 0 Å². The molecule has 2 atom stereocenters. The smallest absolute Gasteiger partial charge is 0.0595 e. The highest BCUT2D eigenvalue weighted by Crippen LogP contribution is 2.27. The van der Waals surface area contributed by atoms with E-state index in [0.717, 1.165) is 17.5 Å². The van der Waals surface area contributed by atoms with Gasteiger partial charge < -0.3 is 5.73 Å². The van der Waals surface area contributed by atoms with E-state index in [1.54, 1.807) is 0 Å². The molecule has 2 unspecified atom stereocenters. The van der Waals surface area contributed by atoms with E-state index in [4.69, 9.17) is 28.9 Å². The Morgan fingerprint density at radius 2 is 1.68 bits per heavy atom. The van der Waals surface area contributed by atoms with Gasteiger partial charge in [-0.05, 0) is 35.6 Å². The number of halogens is 2. The molecule has 0 bridgehead atoms. The van der Waals surface area contributed by atoms with Gasteiger partial charge in [-0.2, -0.15) is 0 Å². The lowest BCUT2D eigenvalue weighted by Gasteiger charge is -2.20. The Morgan fingerprint density at radius 3 is 2.32 bits per heavy atom. The van der Waals surface area contributed by atoms with Crippen LogP contribution in [-0.2, 0) is 6.42 Å². The summed E-state index contributed by atoms with van der Waals surface area (Å²) >= 11 is 11.9. The SMILES string of the molecule is CC(Cc1ccc(Cl)c(Cl)c1)C(N)c1ccccc1. The van der Waals surface area contributed by atoms with Crippen molar-refractivity contribution in [3.05, 3.63) is 69.7 Å². The molecule has 0 aromatic heterocycles. The quantitative estimate of drug-likeness (QED) is 0.855. The molecular weight excluding hydrogens is 277 g/mol. The van der Waals surface area contributed by atoms with Crippen LogP contribution in [0.1, 0.15) is 24.1 Å². The third-order valence-electron chi connectivity index (χ3n) is 3.34. The molecule has 1 nitrogen and oxygen atoms in total. The van der Waals surface area contributed by atoms with Gasteiger partial charge in [-0.15, -0.1) is 0 Å². The lowest BCUT2D eigenvalue weighted by molar-refractivity contribution is 0.468. The molecule has 0 heterocycles. The van der Waals surface area contributed by atoms with Gasteiger partial charge in [0, 0.05) is 6.04 Å². The minimum absolute atomic E-state index is 0.0238. The van der Waals surface area contributed by atoms with Crippen LogP contribution >= 0.6 is 23.2 Å². The maximum atomic E-state index is 6.30. The second-order valence-electron chi connectivity index (χ2n) is 4.87. The zero-order chi connectivity index (χ0) is 13.8. The third-order valence-corrected chi connectivity index (χ3v) is 4.08. The van der Waals surface area contributed by atoms with E-state index in [9.17, 15) is 0 Å². The maximum Gasteiger partial charge on any atom is 0.0595 e. The Labute approximate surface area is 124 Å². The first kappa shape index (κ1) is 14.4. The monoisotopic (exact) mass is 293 g/mol. The van der Waals surface area contributed by atoms with E-state index in [2.05, 4.69) is 19.1 Å². The Kier molecular flexibility index (Phi) is 4.87. The van der Waals surface area contributed by atoms with E-state index < -0.39 is 0 Å². The van der Waals surface area contributed by atoms with Crippen LogP contribution in [0.25, 0.3) is 0 Å². The highest BCUT2D eigenvalue weighted by Gasteiger charge is 2.15. The lowest BCUT2D eigenvalue weighted by Crippen LogP contribution is -2.20. The first-order valence-electron chi connectivity index (χ1n) is 6.32. The first-order valence-corrected chi connectivity index (χ1v) is 7.08. The number of rotatable bonds is 4. The average Bonchev–Trinajstić information content (AvgIpc) is 2.43. The van der Waals surface area contributed by atoms with Crippen molar-refractivity contribution in [1.82, 2.24) is 0 Å². The molecule has 2 aromatic rings. The molecule has 0 saturated carbocycles. The highest BCUT2D eigenvalue weighted by atomic mass is 35.5. The van der Waals surface area contributed by atoms with Crippen molar-refractivity contribution < 1.29 is 0 Å². The maximum absolute atomic E-state index is 6.30. The molecule has 0 fully saturated rings. The zero-order valence-corrected chi connectivity index (χ0v) is 12.3. The average molecular weight is 294 g/mol. The van der Waals surface area contributed by atoms with Crippen LogP contribution in [0.5, 0.6) is 0 Å². The Morgan fingerprint density at radius 1 is 1.00 bits per heavy atom. The van der Waals surface area contributed by atoms with E-state index in [1.807, 2.05) is 36.4 Å². The Bertz CT molecular complexity index is 540. The molecule has 3 heteroatoms. The third kappa shape index (κ3) is 3.73. The summed E-state index contributed by atoms with van der Waals surface area (Å²) in [6, 6.07) is 15.9. The van der Waals surface area contributed by atoms with E-state index in [1.165, 1.54) is 0 Å². The summed E-state index contributed by atoms with van der Waals surface area (Å²) in [5, 5.41) is 1.19. The zero-order valence-electron chi connectivity index (χ0n) is 10.8. The van der Waals surface area contributed by atoms with Gasteiger partial charge in [0.25, 0.3) is 0 Å². The summed E-state index contributed by atoms with van der Waals surface area (Å²) in [4.78, 5) is 0. The minimum Gasteiger partial charge on any atom is -0.324 e. The van der Waals surface area contributed by atoms with Gasteiger partial charge in [-0.3, -0.25) is 0 Å². The number of hydrogen-bond acceptors (Lipinski definition) is 1. The molecular formula is C16H17Cl2N. The van der Waals surface area contributed by atoms with Crippen molar-refractivity contribution in [2.24, 2.45) is 11.7 Å². The predicted octanol–water partition coefficient (Wildman–Crippen LogP) is 4.87. The van der Waals surface area contributed by atoms with Gasteiger partial charge in [-0.25, -0.2) is 0 Å². The number of hydrogen-bond donors (Lipinski definition) is 1. The fourth-order valence-electron chi connectivity index (χ4n) is 2.17. The lowest BCUT2D eigenvalue weighted by atomic mass is 9.90. The van der Waals surface area contributed by atoms with Crippen LogP contribution in [0.15, 0.2) is 48.5 Å². The van der Waals surface area contributed by atoms with Crippen LogP contribution < -0.4 is 5.73 Å². The second kappa shape index (κ2) is 6.42. The molecule has 0 aliphatic heterocycles.